The highest BCUT2D eigenvalue weighted by molar-refractivity contribution is 9.10. The van der Waals surface area contributed by atoms with E-state index in [9.17, 15) is 4.79 Å². The van der Waals surface area contributed by atoms with Crippen LogP contribution in [0.2, 0.25) is 5.15 Å². The van der Waals surface area contributed by atoms with Gasteiger partial charge in [0.2, 0.25) is 0 Å². The first-order chi connectivity index (χ1) is 7.15. The molecule has 1 aromatic heterocycles. The Labute approximate surface area is 101 Å². The Morgan fingerprint density at radius 2 is 2.40 bits per heavy atom. The van der Waals surface area contributed by atoms with E-state index in [0.717, 1.165) is 10.9 Å². The van der Waals surface area contributed by atoms with Crippen molar-refractivity contribution >= 4 is 33.4 Å². The van der Waals surface area contributed by atoms with Crippen molar-refractivity contribution in [2.24, 2.45) is 5.73 Å². The first-order valence-corrected chi connectivity index (χ1v) is 5.61. The van der Waals surface area contributed by atoms with Gasteiger partial charge in [-0.1, -0.05) is 11.6 Å². The Hall–Kier alpha value is -0.650. The van der Waals surface area contributed by atoms with Gasteiger partial charge in [0.1, 0.15) is 5.15 Å². The molecule has 1 aromatic rings. The number of nitrogens with one attached hydrogen (secondary N) is 1. The Morgan fingerprint density at radius 3 is 3.07 bits per heavy atom. The Morgan fingerprint density at radius 1 is 1.67 bits per heavy atom. The molecule has 0 unspecified atom stereocenters. The third-order valence-corrected chi connectivity index (χ3v) is 2.45. The summed E-state index contributed by atoms with van der Waals surface area (Å²) < 4.78 is 0.718. The molecule has 0 saturated carbocycles. The number of aromatic nitrogens is 1. The summed E-state index contributed by atoms with van der Waals surface area (Å²) in [6.07, 6.45) is 2.28. The zero-order valence-corrected chi connectivity index (χ0v) is 10.3. The minimum absolute atomic E-state index is 0.198. The lowest BCUT2D eigenvalue weighted by Gasteiger charge is -2.05. The van der Waals surface area contributed by atoms with Gasteiger partial charge in [-0.2, -0.15) is 0 Å². The highest BCUT2D eigenvalue weighted by atomic mass is 79.9. The quantitative estimate of drug-likeness (QED) is 0.654. The van der Waals surface area contributed by atoms with E-state index < -0.39 is 0 Å². The minimum Gasteiger partial charge on any atom is -0.352 e. The summed E-state index contributed by atoms with van der Waals surface area (Å²) in [5.41, 5.74) is 5.67. The van der Waals surface area contributed by atoms with Crippen LogP contribution in [0.3, 0.4) is 0 Å². The molecule has 6 heteroatoms. The molecule has 0 aliphatic rings. The summed E-state index contributed by atoms with van der Waals surface area (Å²) >= 11 is 9.01. The first-order valence-electron chi connectivity index (χ1n) is 4.44. The molecule has 3 N–H and O–H groups in total. The van der Waals surface area contributed by atoms with Crippen molar-refractivity contribution in [2.45, 2.75) is 6.42 Å². The fourth-order valence-corrected chi connectivity index (χ4v) is 1.50. The van der Waals surface area contributed by atoms with Gasteiger partial charge in [-0.3, -0.25) is 4.79 Å². The van der Waals surface area contributed by atoms with Crippen molar-refractivity contribution < 1.29 is 4.79 Å². The van der Waals surface area contributed by atoms with E-state index in [1.54, 1.807) is 12.3 Å². The molecule has 1 heterocycles. The van der Waals surface area contributed by atoms with E-state index in [0.29, 0.717) is 18.7 Å². The molecule has 0 bridgehead atoms. The zero-order chi connectivity index (χ0) is 11.3. The van der Waals surface area contributed by atoms with Crippen LogP contribution in [-0.4, -0.2) is 24.0 Å². The highest BCUT2D eigenvalue weighted by Gasteiger charge is 2.10. The van der Waals surface area contributed by atoms with Crippen LogP contribution in [-0.2, 0) is 0 Å². The topological polar surface area (TPSA) is 68.0 Å². The molecule has 4 nitrogen and oxygen atoms in total. The number of hydrogen-bond acceptors (Lipinski definition) is 3. The molecule has 0 aliphatic carbocycles. The number of carbonyl (C=O) groups is 1. The van der Waals surface area contributed by atoms with E-state index in [-0.39, 0.29) is 11.1 Å². The van der Waals surface area contributed by atoms with Crippen LogP contribution in [0.1, 0.15) is 16.8 Å². The second-order valence-corrected chi connectivity index (χ2v) is 4.16. The number of nitrogens with zero attached hydrogens (tertiary/aromatic N) is 1. The summed E-state index contributed by atoms with van der Waals surface area (Å²) in [6.45, 7) is 1.09. The van der Waals surface area contributed by atoms with Gasteiger partial charge in [-0.05, 0) is 35.0 Å². The summed E-state index contributed by atoms with van der Waals surface area (Å²) in [6, 6.07) is 1.63. The lowest BCUT2D eigenvalue weighted by atomic mass is 10.2. The van der Waals surface area contributed by atoms with E-state index in [1.165, 1.54) is 0 Å². The number of carbonyl (C=O) groups excluding carboxylic acids is 1. The van der Waals surface area contributed by atoms with Crippen LogP contribution < -0.4 is 11.1 Å². The van der Waals surface area contributed by atoms with Gasteiger partial charge in [0.05, 0.1) is 5.56 Å². The fraction of sp³-hybridized carbons (Fsp3) is 0.333. The molecule has 1 amide bonds. The number of amides is 1. The van der Waals surface area contributed by atoms with Crippen LogP contribution >= 0.6 is 27.5 Å². The van der Waals surface area contributed by atoms with Gasteiger partial charge in [0.25, 0.3) is 5.91 Å². The third-order valence-electron chi connectivity index (χ3n) is 1.72. The van der Waals surface area contributed by atoms with Crippen LogP contribution in [0.15, 0.2) is 16.7 Å². The predicted octanol–water partition coefficient (Wildman–Crippen LogP) is 1.58. The summed E-state index contributed by atoms with van der Waals surface area (Å²) in [7, 11) is 0. The van der Waals surface area contributed by atoms with E-state index in [2.05, 4.69) is 26.2 Å². The Bertz CT molecular complexity index is 359. The number of rotatable bonds is 4. The number of hydrogen-bond donors (Lipinski definition) is 2. The van der Waals surface area contributed by atoms with Crippen molar-refractivity contribution in [1.29, 1.82) is 0 Å². The molecule has 15 heavy (non-hydrogen) atoms. The molecule has 1 rings (SSSR count). The lowest BCUT2D eigenvalue weighted by Crippen LogP contribution is -2.26. The molecular weight excluding hydrogens is 281 g/mol. The molecule has 0 fully saturated rings. The van der Waals surface area contributed by atoms with Gasteiger partial charge in [-0.25, -0.2) is 4.98 Å². The number of halogens is 2. The van der Waals surface area contributed by atoms with E-state index >= 15 is 0 Å². The van der Waals surface area contributed by atoms with E-state index in [1.807, 2.05) is 0 Å². The number of nitrogens with two attached hydrogens (primary N) is 1. The third kappa shape index (κ3) is 3.77. The smallest absolute Gasteiger partial charge is 0.254 e. The van der Waals surface area contributed by atoms with Crippen LogP contribution in [0, 0.1) is 0 Å². The SMILES string of the molecule is NCCCNC(=O)c1cc(Br)cnc1Cl. The summed E-state index contributed by atoms with van der Waals surface area (Å²) in [5.74, 6) is -0.234. The molecule has 82 valence electrons. The second kappa shape index (κ2) is 6.05. The van der Waals surface area contributed by atoms with E-state index in [4.69, 9.17) is 17.3 Å². The van der Waals surface area contributed by atoms with Crippen molar-refractivity contribution in [3.8, 4) is 0 Å². The molecule has 0 aliphatic heterocycles. The second-order valence-electron chi connectivity index (χ2n) is 2.89. The van der Waals surface area contributed by atoms with Gasteiger partial charge in [0, 0.05) is 17.2 Å². The molecule has 0 radical (unpaired) electrons. The summed E-state index contributed by atoms with van der Waals surface area (Å²) in [5, 5.41) is 2.90. The maximum absolute atomic E-state index is 11.6. The Balaban J connectivity index is 2.68. The standard InChI is InChI=1S/C9H11BrClN3O/c10-6-4-7(8(11)14-5-6)9(15)13-3-1-2-12/h4-5H,1-3,12H2,(H,13,15). The van der Waals surface area contributed by atoms with Crippen LogP contribution in [0.25, 0.3) is 0 Å². The number of pyridine rings is 1. The minimum atomic E-state index is -0.234. The molecular formula is C9H11BrClN3O. The van der Waals surface area contributed by atoms with Crippen LogP contribution in [0.5, 0.6) is 0 Å². The van der Waals surface area contributed by atoms with Gasteiger partial charge in [-0.15, -0.1) is 0 Å². The maximum atomic E-state index is 11.6. The van der Waals surface area contributed by atoms with Crippen molar-refractivity contribution in [3.63, 3.8) is 0 Å². The van der Waals surface area contributed by atoms with Crippen molar-refractivity contribution in [1.82, 2.24) is 10.3 Å². The maximum Gasteiger partial charge on any atom is 0.254 e. The monoisotopic (exact) mass is 291 g/mol. The lowest BCUT2D eigenvalue weighted by molar-refractivity contribution is 0.0953. The summed E-state index contributed by atoms with van der Waals surface area (Å²) in [4.78, 5) is 15.5. The van der Waals surface area contributed by atoms with Crippen molar-refractivity contribution in [3.05, 3.63) is 27.5 Å². The molecule has 0 aromatic carbocycles. The highest BCUT2D eigenvalue weighted by Crippen LogP contribution is 2.17. The first kappa shape index (κ1) is 12.4. The van der Waals surface area contributed by atoms with Gasteiger partial charge < -0.3 is 11.1 Å². The van der Waals surface area contributed by atoms with Gasteiger partial charge in [0.15, 0.2) is 0 Å². The molecule has 0 atom stereocenters. The fourth-order valence-electron chi connectivity index (χ4n) is 0.981. The molecule has 0 spiro atoms. The Kier molecular flexibility index (Phi) is 5.01. The molecule has 0 saturated heterocycles. The average molecular weight is 293 g/mol. The average Bonchev–Trinajstić information content (AvgIpc) is 2.22. The van der Waals surface area contributed by atoms with Crippen molar-refractivity contribution in [2.75, 3.05) is 13.1 Å². The zero-order valence-electron chi connectivity index (χ0n) is 7.96. The normalized spacial score (nSPS) is 10.1. The predicted molar refractivity (Wildman–Crippen MR) is 63.0 cm³/mol. The largest absolute Gasteiger partial charge is 0.352 e. The van der Waals surface area contributed by atoms with Gasteiger partial charge >= 0.3 is 0 Å². The van der Waals surface area contributed by atoms with Crippen LogP contribution in [0.4, 0.5) is 0 Å².